The first-order chi connectivity index (χ1) is 8.69. The Balaban J connectivity index is 2.35. The van der Waals surface area contributed by atoms with Gasteiger partial charge in [-0.25, -0.2) is 12.8 Å². The van der Waals surface area contributed by atoms with Crippen molar-refractivity contribution < 1.29 is 17.9 Å². The quantitative estimate of drug-likeness (QED) is 0.808. The second-order valence-corrected chi connectivity index (χ2v) is 6.90. The summed E-state index contributed by atoms with van der Waals surface area (Å²) in [5, 5.41) is 9.84. The van der Waals surface area contributed by atoms with Gasteiger partial charge in [-0.2, -0.15) is 4.31 Å². The molecule has 0 saturated carbocycles. The number of aryl methyl sites for hydroxylation is 1. The third-order valence-corrected chi connectivity index (χ3v) is 5.34. The zero-order chi connectivity index (χ0) is 14.4. The zero-order valence-corrected chi connectivity index (χ0v) is 11.7. The molecule has 5 nitrogen and oxygen atoms in total. The highest BCUT2D eigenvalue weighted by molar-refractivity contribution is 7.89. The van der Waals surface area contributed by atoms with E-state index in [1.807, 2.05) is 0 Å². The first-order valence-electron chi connectivity index (χ1n) is 5.98. The highest BCUT2D eigenvalue weighted by Crippen LogP contribution is 2.32. The van der Waals surface area contributed by atoms with E-state index >= 15 is 0 Å². The Morgan fingerprint density at radius 1 is 1.47 bits per heavy atom. The number of aliphatic hydroxyl groups is 1. The van der Waals surface area contributed by atoms with Crippen molar-refractivity contribution in [2.24, 2.45) is 0 Å². The summed E-state index contributed by atoms with van der Waals surface area (Å²) in [6, 6.07) is 2.23. The van der Waals surface area contributed by atoms with Gasteiger partial charge in [0.05, 0.1) is 5.60 Å². The minimum absolute atomic E-state index is 0.0148. The molecule has 7 heteroatoms. The number of rotatable bonds is 3. The molecule has 1 aromatic rings. The van der Waals surface area contributed by atoms with Crippen LogP contribution in [0.1, 0.15) is 18.9 Å². The van der Waals surface area contributed by atoms with E-state index in [2.05, 4.69) is 0 Å². The predicted molar refractivity (Wildman–Crippen MR) is 69.5 cm³/mol. The van der Waals surface area contributed by atoms with Crippen molar-refractivity contribution >= 4 is 15.7 Å². The summed E-state index contributed by atoms with van der Waals surface area (Å²) >= 11 is 0. The summed E-state index contributed by atoms with van der Waals surface area (Å²) < 4.78 is 39.3. The van der Waals surface area contributed by atoms with Crippen molar-refractivity contribution in [1.82, 2.24) is 4.31 Å². The van der Waals surface area contributed by atoms with Gasteiger partial charge in [0.1, 0.15) is 10.7 Å². The van der Waals surface area contributed by atoms with Crippen LogP contribution in [0, 0.1) is 12.7 Å². The van der Waals surface area contributed by atoms with Crippen LogP contribution in [0.2, 0.25) is 0 Å². The lowest BCUT2D eigenvalue weighted by Crippen LogP contribution is -2.62. The number of nitrogen functional groups attached to an aromatic ring is 1. The summed E-state index contributed by atoms with van der Waals surface area (Å²) in [7, 11) is -3.93. The molecular formula is C12H17FN2O3S. The molecule has 0 atom stereocenters. The number of nitrogens with two attached hydrogens (primary N) is 1. The Hall–Kier alpha value is -1.18. The minimum Gasteiger partial charge on any atom is -0.398 e. The summed E-state index contributed by atoms with van der Waals surface area (Å²) in [6.07, 6.45) is 0.456. The Labute approximate surface area is 111 Å². The van der Waals surface area contributed by atoms with Crippen molar-refractivity contribution in [2.75, 3.05) is 18.8 Å². The lowest BCUT2D eigenvalue weighted by Gasteiger charge is -2.44. The second-order valence-electron chi connectivity index (χ2n) is 4.99. The van der Waals surface area contributed by atoms with E-state index in [1.54, 1.807) is 13.8 Å². The van der Waals surface area contributed by atoms with Gasteiger partial charge in [0, 0.05) is 18.8 Å². The molecule has 3 N–H and O–H groups in total. The molecule has 0 aromatic heterocycles. The molecule has 0 unspecified atom stereocenters. The maximum atomic E-state index is 13.8. The van der Waals surface area contributed by atoms with E-state index in [-0.39, 0.29) is 18.8 Å². The van der Waals surface area contributed by atoms with E-state index in [4.69, 9.17) is 5.73 Å². The molecule has 1 fully saturated rings. The van der Waals surface area contributed by atoms with Crippen molar-refractivity contribution in [3.8, 4) is 0 Å². The van der Waals surface area contributed by atoms with Gasteiger partial charge >= 0.3 is 0 Å². The first kappa shape index (κ1) is 14.2. The molecule has 0 aliphatic carbocycles. The highest BCUT2D eigenvalue weighted by atomic mass is 32.2. The molecule has 0 bridgehead atoms. The van der Waals surface area contributed by atoms with Gasteiger partial charge in [0.25, 0.3) is 0 Å². The molecule has 1 aliphatic rings. The van der Waals surface area contributed by atoms with Gasteiger partial charge in [-0.1, -0.05) is 6.92 Å². The maximum absolute atomic E-state index is 13.8. The van der Waals surface area contributed by atoms with Gasteiger partial charge in [0.2, 0.25) is 10.0 Å². The average Bonchev–Trinajstić information content (AvgIpc) is 2.29. The van der Waals surface area contributed by atoms with Gasteiger partial charge in [-0.05, 0) is 31.0 Å². The van der Waals surface area contributed by atoms with Crippen LogP contribution in [0.4, 0.5) is 10.1 Å². The SMILES string of the molecule is CCC1(O)CN(S(=O)(=O)c2cc(N)c(C)cc2F)C1. The molecule has 1 aliphatic heterocycles. The third kappa shape index (κ3) is 2.33. The standard InChI is InChI=1S/C12H17FN2O3S/c1-3-12(16)6-15(7-12)19(17,18)11-5-10(14)8(2)4-9(11)13/h4-5,16H,3,6-7,14H2,1-2H3. The third-order valence-electron chi connectivity index (χ3n) is 3.54. The van der Waals surface area contributed by atoms with E-state index in [0.29, 0.717) is 12.0 Å². The normalized spacial score (nSPS) is 19.2. The van der Waals surface area contributed by atoms with Gasteiger partial charge in [0.15, 0.2) is 0 Å². The van der Waals surface area contributed by atoms with Crippen LogP contribution in [-0.2, 0) is 10.0 Å². The van der Waals surface area contributed by atoms with Crippen LogP contribution in [0.3, 0.4) is 0 Å². The second kappa shape index (κ2) is 4.43. The molecular weight excluding hydrogens is 271 g/mol. The number of anilines is 1. The lowest BCUT2D eigenvalue weighted by molar-refractivity contribution is -0.0614. The van der Waals surface area contributed by atoms with Crippen LogP contribution >= 0.6 is 0 Å². The molecule has 1 saturated heterocycles. The van der Waals surface area contributed by atoms with Crippen LogP contribution in [0.15, 0.2) is 17.0 Å². The van der Waals surface area contributed by atoms with Crippen LogP contribution in [0.25, 0.3) is 0 Å². The largest absolute Gasteiger partial charge is 0.398 e. The molecule has 19 heavy (non-hydrogen) atoms. The fourth-order valence-corrected chi connectivity index (χ4v) is 3.69. The molecule has 1 aromatic carbocycles. The van der Waals surface area contributed by atoms with E-state index in [0.717, 1.165) is 16.4 Å². The average molecular weight is 288 g/mol. The molecule has 106 valence electrons. The van der Waals surface area contributed by atoms with Crippen molar-refractivity contribution in [1.29, 1.82) is 0 Å². The van der Waals surface area contributed by atoms with Crippen molar-refractivity contribution in [2.45, 2.75) is 30.8 Å². The van der Waals surface area contributed by atoms with Crippen LogP contribution in [-0.4, -0.2) is 36.5 Å². The maximum Gasteiger partial charge on any atom is 0.246 e. The molecule has 0 amide bonds. The van der Waals surface area contributed by atoms with Crippen molar-refractivity contribution in [3.63, 3.8) is 0 Å². The lowest BCUT2D eigenvalue weighted by atomic mass is 9.94. The monoisotopic (exact) mass is 288 g/mol. The molecule has 2 rings (SSSR count). The van der Waals surface area contributed by atoms with Crippen LogP contribution < -0.4 is 5.73 Å². The summed E-state index contributed by atoms with van der Waals surface area (Å²) in [4.78, 5) is -0.436. The minimum atomic E-state index is -3.93. The van der Waals surface area contributed by atoms with E-state index in [9.17, 15) is 17.9 Å². The summed E-state index contributed by atoms with van der Waals surface area (Å²) in [6.45, 7) is 3.35. The van der Waals surface area contributed by atoms with Gasteiger partial charge < -0.3 is 10.8 Å². The number of hydrogen-bond donors (Lipinski definition) is 2. The number of benzene rings is 1. The first-order valence-corrected chi connectivity index (χ1v) is 7.42. The van der Waals surface area contributed by atoms with Gasteiger partial charge in [-0.3, -0.25) is 0 Å². The number of β-amino-alcohol motifs (C(OH)–C–C–N with tert-alkyl or cyclic N) is 1. The predicted octanol–water partition coefficient (Wildman–Crippen LogP) is 0.862. The Kier molecular flexibility index (Phi) is 3.32. The Morgan fingerprint density at radius 2 is 2.05 bits per heavy atom. The van der Waals surface area contributed by atoms with Crippen LogP contribution in [0.5, 0.6) is 0 Å². The van der Waals surface area contributed by atoms with Crippen molar-refractivity contribution in [3.05, 3.63) is 23.5 Å². The Morgan fingerprint density at radius 3 is 2.58 bits per heavy atom. The fraction of sp³-hybridized carbons (Fsp3) is 0.500. The molecule has 1 heterocycles. The number of hydrogen-bond acceptors (Lipinski definition) is 4. The topological polar surface area (TPSA) is 83.6 Å². The fourth-order valence-electron chi connectivity index (χ4n) is 2.01. The number of sulfonamides is 1. The smallest absolute Gasteiger partial charge is 0.246 e. The van der Waals surface area contributed by atoms with E-state index in [1.165, 1.54) is 0 Å². The summed E-state index contributed by atoms with van der Waals surface area (Å²) in [5.74, 6) is -0.821. The molecule has 0 radical (unpaired) electrons. The summed E-state index contributed by atoms with van der Waals surface area (Å²) in [5.41, 5.74) is 5.34. The zero-order valence-electron chi connectivity index (χ0n) is 10.9. The Bertz CT molecular complexity index is 610. The molecule has 0 spiro atoms. The number of nitrogens with zero attached hydrogens (tertiary/aromatic N) is 1. The van der Waals surface area contributed by atoms with Gasteiger partial charge in [-0.15, -0.1) is 0 Å². The van der Waals surface area contributed by atoms with E-state index < -0.39 is 26.3 Å². The highest BCUT2D eigenvalue weighted by Gasteiger charge is 2.46. The number of halogens is 1.